The molecule has 1 unspecified atom stereocenters. The van der Waals surface area contributed by atoms with Crippen molar-refractivity contribution >= 4 is 6.09 Å². The Hall–Kier alpha value is -1.63. The maximum atomic E-state index is 12.2. The molecule has 2 aliphatic heterocycles. The van der Waals surface area contributed by atoms with Crippen LogP contribution in [0, 0.1) is 0 Å². The van der Waals surface area contributed by atoms with Crippen molar-refractivity contribution in [2.45, 2.75) is 39.0 Å². The van der Waals surface area contributed by atoms with Crippen molar-refractivity contribution in [1.82, 2.24) is 14.7 Å². The lowest BCUT2D eigenvalue weighted by molar-refractivity contribution is -0.0306. The molecule has 0 spiro atoms. The monoisotopic (exact) mass is 375 g/mol. The fourth-order valence-corrected chi connectivity index (χ4v) is 3.62. The van der Waals surface area contributed by atoms with Crippen molar-refractivity contribution < 1.29 is 14.3 Å². The molecule has 1 aromatic carbocycles. The van der Waals surface area contributed by atoms with Gasteiger partial charge < -0.3 is 14.4 Å². The smallest absolute Gasteiger partial charge is 0.410 e. The molecule has 2 aliphatic rings. The second-order valence-electron chi connectivity index (χ2n) is 8.45. The highest BCUT2D eigenvalue weighted by atomic mass is 16.6. The lowest BCUT2D eigenvalue weighted by Gasteiger charge is -2.41. The number of benzene rings is 1. The number of nitrogens with zero attached hydrogens (tertiary/aromatic N) is 3. The lowest BCUT2D eigenvalue weighted by atomic mass is 10.1. The van der Waals surface area contributed by atoms with Gasteiger partial charge in [-0.15, -0.1) is 0 Å². The summed E-state index contributed by atoms with van der Waals surface area (Å²) in [6.07, 6.45) is -0.200. The number of hydrogen-bond donors (Lipinski definition) is 0. The molecule has 1 aromatic rings. The molecule has 1 amide bonds. The predicted molar refractivity (Wildman–Crippen MR) is 106 cm³/mol. The van der Waals surface area contributed by atoms with Crippen LogP contribution >= 0.6 is 0 Å². The summed E-state index contributed by atoms with van der Waals surface area (Å²) in [5, 5.41) is 0. The Bertz CT molecular complexity index is 594. The molecule has 6 heteroatoms. The second-order valence-corrected chi connectivity index (χ2v) is 8.45. The molecule has 6 nitrogen and oxygen atoms in total. The Balaban J connectivity index is 1.49. The maximum Gasteiger partial charge on any atom is 0.410 e. The number of morpholine rings is 1. The third kappa shape index (κ3) is 6.19. The highest BCUT2D eigenvalue weighted by Crippen LogP contribution is 2.16. The summed E-state index contributed by atoms with van der Waals surface area (Å²) >= 11 is 0. The van der Waals surface area contributed by atoms with Crippen LogP contribution in [0.3, 0.4) is 0 Å². The van der Waals surface area contributed by atoms with E-state index in [4.69, 9.17) is 9.47 Å². The highest BCUT2D eigenvalue weighted by Gasteiger charge is 2.29. The molecule has 0 saturated carbocycles. The van der Waals surface area contributed by atoms with Crippen LogP contribution in [-0.4, -0.2) is 84.9 Å². The molecule has 0 N–H and O–H groups in total. The van der Waals surface area contributed by atoms with E-state index < -0.39 is 5.60 Å². The molecule has 0 aliphatic carbocycles. The molecule has 1 atom stereocenters. The van der Waals surface area contributed by atoms with Gasteiger partial charge in [0.25, 0.3) is 0 Å². The lowest BCUT2D eigenvalue weighted by Crippen LogP contribution is -2.55. The SMILES string of the molecule is CC(C)(C)OC(=O)N1CCN(CC2COCCN2Cc2ccccc2)CC1. The number of rotatable bonds is 4. The van der Waals surface area contributed by atoms with E-state index in [0.717, 1.165) is 59.0 Å². The van der Waals surface area contributed by atoms with E-state index >= 15 is 0 Å². The zero-order valence-electron chi connectivity index (χ0n) is 16.9. The molecule has 0 bridgehead atoms. The predicted octanol–water partition coefficient (Wildman–Crippen LogP) is 2.44. The zero-order valence-corrected chi connectivity index (χ0v) is 16.9. The minimum absolute atomic E-state index is 0.200. The van der Waals surface area contributed by atoms with Crippen molar-refractivity contribution in [3.8, 4) is 0 Å². The van der Waals surface area contributed by atoms with Crippen molar-refractivity contribution in [2.24, 2.45) is 0 Å². The average molecular weight is 376 g/mol. The van der Waals surface area contributed by atoms with Gasteiger partial charge in [-0.1, -0.05) is 30.3 Å². The molecule has 0 aromatic heterocycles. The van der Waals surface area contributed by atoms with Crippen molar-refractivity contribution in [3.05, 3.63) is 35.9 Å². The minimum atomic E-state index is -0.439. The molecular weight excluding hydrogens is 342 g/mol. The normalized spacial score (nSPS) is 22.6. The van der Waals surface area contributed by atoms with Gasteiger partial charge in [0.05, 0.1) is 13.2 Å². The van der Waals surface area contributed by atoms with Crippen LogP contribution in [0.1, 0.15) is 26.3 Å². The van der Waals surface area contributed by atoms with Crippen LogP contribution in [-0.2, 0) is 16.0 Å². The molecule has 0 radical (unpaired) electrons. The van der Waals surface area contributed by atoms with Gasteiger partial charge in [-0.25, -0.2) is 4.79 Å². The van der Waals surface area contributed by atoms with E-state index in [2.05, 4.69) is 40.1 Å². The molecule has 150 valence electrons. The van der Waals surface area contributed by atoms with Gasteiger partial charge in [0.1, 0.15) is 5.60 Å². The summed E-state index contributed by atoms with van der Waals surface area (Å²) in [6.45, 7) is 13.4. The van der Waals surface area contributed by atoms with E-state index in [-0.39, 0.29) is 6.09 Å². The van der Waals surface area contributed by atoms with E-state index in [9.17, 15) is 4.79 Å². The molecule has 27 heavy (non-hydrogen) atoms. The van der Waals surface area contributed by atoms with Crippen LogP contribution in [0.25, 0.3) is 0 Å². The topological polar surface area (TPSA) is 45.3 Å². The summed E-state index contributed by atoms with van der Waals surface area (Å²) in [4.78, 5) is 19.0. The van der Waals surface area contributed by atoms with E-state index in [1.54, 1.807) is 0 Å². The Morgan fingerprint density at radius 1 is 1.11 bits per heavy atom. The Morgan fingerprint density at radius 2 is 1.81 bits per heavy atom. The first-order valence-corrected chi connectivity index (χ1v) is 9.97. The van der Waals surface area contributed by atoms with Crippen LogP contribution in [0.15, 0.2) is 30.3 Å². The quantitative estimate of drug-likeness (QED) is 0.809. The van der Waals surface area contributed by atoms with E-state index in [1.807, 2.05) is 25.7 Å². The van der Waals surface area contributed by atoms with E-state index in [1.165, 1.54) is 5.56 Å². The fraction of sp³-hybridized carbons (Fsp3) is 0.667. The first-order valence-electron chi connectivity index (χ1n) is 9.97. The first-order chi connectivity index (χ1) is 12.9. The van der Waals surface area contributed by atoms with Crippen molar-refractivity contribution in [1.29, 1.82) is 0 Å². The van der Waals surface area contributed by atoms with E-state index in [0.29, 0.717) is 6.04 Å². The summed E-state index contributed by atoms with van der Waals surface area (Å²) in [5.74, 6) is 0. The van der Waals surface area contributed by atoms with Crippen LogP contribution in [0.4, 0.5) is 4.79 Å². The van der Waals surface area contributed by atoms with Gasteiger partial charge in [-0.3, -0.25) is 9.80 Å². The first kappa shape index (κ1) is 20.1. The Labute approximate surface area is 163 Å². The second kappa shape index (κ2) is 9.04. The minimum Gasteiger partial charge on any atom is -0.444 e. The summed E-state index contributed by atoms with van der Waals surface area (Å²) in [5.41, 5.74) is 0.908. The van der Waals surface area contributed by atoms with Crippen LogP contribution in [0.2, 0.25) is 0 Å². The number of hydrogen-bond acceptors (Lipinski definition) is 5. The largest absolute Gasteiger partial charge is 0.444 e. The number of piperazine rings is 1. The Morgan fingerprint density at radius 3 is 2.48 bits per heavy atom. The molecule has 2 saturated heterocycles. The number of amides is 1. The number of carbonyl (C=O) groups excluding carboxylic acids is 1. The summed E-state index contributed by atoms with van der Waals surface area (Å²) < 4.78 is 11.2. The Kier molecular flexibility index (Phi) is 6.73. The molecule has 2 heterocycles. The highest BCUT2D eigenvalue weighted by molar-refractivity contribution is 5.68. The van der Waals surface area contributed by atoms with Crippen molar-refractivity contribution in [3.63, 3.8) is 0 Å². The third-order valence-corrected chi connectivity index (χ3v) is 5.07. The van der Waals surface area contributed by atoms with Gasteiger partial charge in [0.15, 0.2) is 0 Å². The average Bonchev–Trinajstić information content (AvgIpc) is 2.63. The van der Waals surface area contributed by atoms with Gasteiger partial charge in [-0.05, 0) is 26.3 Å². The third-order valence-electron chi connectivity index (χ3n) is 5.07. The standard InChI is InChI=1S/C21H33N3O3/c1-21(2,3)27-20(25)23-11-9-22(10-12-23)16-19-17-26-14-13-24(19)15-18-7-5-4-6-8-18/h4-8,19H,9-17H2,1-3H3. The van der Waals surface area contributed by atoms with Gasteiger partial charge >= 0.3 is 6.09 Å². The van der Waals surface area contributed by atoms with Crippen LogP contribution in [0.5, 0.6) is 0 Å². The maximum absolute atomic E-state index is 12.2. The van der Waals surface area contributed by atoms with Gasteiger partial charge in [0, 0.05) is 51.9 Å². The summed E-state index contributed by atoms with van der Waals surface area (Å²) in [6, 6.07) is 11.0. The zero-order chi connectivity index (χ0) is 19.3. The molecule has 3 rings (SSSR count). The van der Waals surface area contributed by atoms with Crippen LogP contribution < -0.4 is 0 Å². The van der Waals surface area contributed by atoms with Gasteiger partial charge in [-0.2, -0.15) is 0 Å². The number of ether oxygens (including phenoxy) is 2. The summed E-state index contributed by atoms with van der Waals surface area (Å²) in [7, 11) is 0. The fourth-order valence-electron chi connectivity index (χ4n) is 3.62. The van der Waals surface area contributed by atoms with Gasteiger partial charge in [0.2, 0.25) is 0 Å². The number of carbonyl (C=O) groups is 1. The molecule has 2 fully saturated rings. The molecular formula is C21H33N3O3. The van der Waals surface area contributed by atoms with Crippen molar-refractivity contribution in [2.75, 3.05) is 52.5 Å².